The first-order valence-electron chi connectivity index (χ1n) is 6.82. The summed E-state index contributed by atoms with van der Waals surface area (Å²) in [5.74, 6) is 6.22. The fourth-order valence-corrected chi connectivity index (χ4v) is 1.88. The molecule has 0 aromatic heterocycles. The predicted molar refractivity (Wildman–Crippen MR) is 90.1 cm³/mol. The molecule has 0 unspecified atom stereocenters. The second-order valence-electron chi connectivity index (χ2n) is 4.56. The summed E-state index contributed by atoms with van der Waals surface area (Å²) in [6, 6.07) is 12.0. The lowest BCUT2D eigenvalue weighted by molar-refractivity contribution is 0.577. The van der Waals surface area contributed by atoms with Crippen LogP contribution in [0.25, 0.3) is 0 Å². The molecule has 23 heavy (non-hydrogen) atoms. The highest BCUT2D eigenvalue weighted by molar-refractivity contribution is 7.78. The van der Waals surface area contributed by atoms with E-state index in [1.54, 1.807) is 0 Å². The van der Waals surface area contributed by atoms with Crippen LogP contribution < -0.4 is 0 Å². The van der Waals surface area contributed by atoms with Crippen LogP contribution in [0.3, 0.4) is 0 Å². The molecule has 2 rings (SSSR count). The summed E-state index contributed by atoms with van der Waals surface area (Å²) in [6.07, 6.45) is 0.923. The fraction of sp³-hybridized carbons (Fsp3) is 0.105. The number of rotatable bonds is 1. The molecule has 4 heteroatoms. The van der Waals surface area contributed by atoms with E-state index in [2.05, 4.69) is 46.2 Å². The van der Waals surface area contributed by atoms with Gasteiger partial charge in [0.1, 0.15) is 11.6 Å². The van der Waals surface area contributed by atoms with Gasteiger partial charge >= 0.3 is 0 Å². The van der Waals surface area contributed by atoms with Crippen LogP contribution >= 0.6 is 12.2 Å². The van der Waals surface area contributed by atoms with Crippen molar-refractivity contribution in [3.8, 4) is 23.8 Å². The summed E-state index contributed by atoms with van der Waals surface area (Å²) < 4.78 is 27.9. The maximum absolute atomic E-state index is 14.0. The Morgan fingerprint density at radius 2 is 1.61 bits per heavy atom. The van der Waals surface area contributed by atoms with Crippen molar-refractivity contribution in [3.63, 3.8) is 0 Å². The van der Waals surface area contributed by atoms with E-state index >= 15 is 0 Å². The van der Waals surface area contributed by atoms with Crippen LogP contribution in [0.5, 0.6) is 0 Å². The number of hydrogen-bond donors (Lipinski definition) is 0. The Bertz CT molecular complexity index is 864. The molecule has 0 N–H and O–H groups in total. The van der Waals surface area contributed by atoms with E-state index in [1.807, 2.05) is 31.2 Å². The summed E-state index contributed by atoms with van der Waals surface area (Å²) in [4.78, 5) is 3.37. The van der Waals surface area contributed by atoms with Gasteiger partial charge in [-0.2, -0.15) is 0 Å². The zero-order valence-corrected chi connectivity index (χ0v) is 13.1. The first kappa shape index (κ1) is 16.6. The molecule has 0 bridgehead atoms. The molecule has 2 aromatic rings. The normalized spacial score (nSPS) is 9.00. The Hall–Kier alpha value is -2.78. The number of aliphatic imine (C=N–C) groups is 1. The minimum Gasteiger partial charge on any atom is -0.205 e. The third kappa shape index (κ3) is 4.59. The molecule has 1 nitrogen and oxygen atoms in total. The molecule has 0 saturated carbocycles. The Morgan fingerprint density at radius 1 is 0.957 bits per heavy atom. The molecule has 0 amide bonds. The number of benzene rings is 2. The third-order valence-electron chi connectivity index (χ3n) is 3.04. The second kappa shape index (κ2) is 8.01. The van der Waals surface area contributed by atoms with Crippen molar-refractivity contribution in [2.75, 3.05) is 0 Å². The second-order valence-corrected chi connectivity index (χ2v) is 4.74. The zero-order chi connectivity index (χ0) is 16.7. The largest absolute Gasteiger partial charge is 0.205 e. The summed E-state index contributed by atoms with van der Waals surface area (Å²) in [5.41, 5.74) is 1.75. The lowest BCUT2D eigenvalue weighted by atomic mass is 10.1. The number of isothiocyanates is 1. The Labute approximate surface area is 139 Å². The number of thiocarbonyl (C=S) groups is 1. The van der Waals surface area contributed by atoms with E-state index in [0.717, 1.165) is 18.6 Å². The quantitative estimate of drug-likeness (QED) is 0.432. The SMILES string of the molecule is CCc1ccc(C#Cc2c(F)cc(C#CN=C=S)cc2F)cc1. The van der Waals surface area contributed by atoms with Gasteiger partial charge in [0.15, 0.2) is 0 Å². The highest BCUT2D eigenvalue weighted by atomic mass is 32.1. The van der Waals surface area contributed by atoms with Gasteiger partial charge in [-0.1, -0.05) is 30.9 Å². The van der Waals surface area contributed by atoms with Gasteiger partial charge in [-0.25, -0.2) is 8.78 Å². The third-order valence-corrected chi connectivity index (χ3v) is 3.13. The van der Waals surface area contributed by atoms with Crippen molar-refractivity contribution < 1.29 is 8.78 Å². The van der Waals surface area contributed by atoms with Gasteiger partial charge in [-0.3, -0.25) is 0 Å². The standard InChI is InChI=1S/C19H11F2NS/c1-2-14-3-5-15(6-4-14)7-8-17-18(20)11-16(12-19(17)21)9-10-22-13-23/h3-6,11-12H,2H2,1H3. The monoisotopic (exact) mass is 323 g/mol. The average Bonchev–Trinajstić information content (AvgIpc) is 2.55. The lowest BCUT2D eigenvalue weighted by Gasteiger charge is -1.99. The van der Waals surface area contributed by atoms with Gasteiger partial charge in [-0.15, -0.1) is 4.99 Å². The number of nitrogens with zero attached hydrogens (tertiary/aromatic N) is 1. The van der Waals surface area contributed by atoms with E-state index in [-0.39, 0.29) is 11.1 Å². The van der Waals surface area contributed by atoms with E-state index in [1.165, 1.54) is 5.56 Å². The van der Waals surface area contributed by atoms with E-state index in [9.17, 15) is 8.78 Å². The molecule has 0 aliphatic carbocycles. The van der Waals surface area contributed by atoms with Crippen molar-refractivity contribution >= 4 is 17.4 Å². The Balaban J connectivity index is 2.32. The predicted octanol–water partition coefficient (Wildman–Crippen LogP) is 4.34. The van der Waals surface area contributed by atoms with Crippen LogP contribution in [-0.4, -0.2) is 5.16 Å². The van der Waals surface area contributed by atoms with Gasteiger partial charge in [0.05, 0.1) is 16.8 Å². The van der Waals surface area contributed by atoms with Gasteiger partial charge in [-0.05, 0) is 54.4 Å². The molecule has 0 radical (unpaired) electrons. The van der Waals surface area contributed by atoms with Gasteiger partial charge < -0.3 is 0 Å². The number of hydrogen-bond acceptors (Lipinski definition) is 2. The molecule has 112 valence electrons. The first-order valence-corrected chi connectivity index (χ1v) is 7.22. The molecule has 0 saturated heterocycles. The summed E-state index contributed by atoms with van der Waals surface area (Å²) in [5, 5.41) is 2.05. The molecule has 2 aromatic carbocycles. The summed E-state index contributed by atoms with van der Waals surface area (Å²) in [6.45, 7) is 2.05. The molecule has 0 aliphatic rings. The molecule has 0 heterocycles. The molecule has 0 fully saturated rings. The van der Waals surface area contributed by atoms with Crippen LogP contribution in [0.15, 0.2) is 41.4 Å². The Kier molecular flexibility index (Phi) is 5.78. The minimum absolute atomic E-state index is 0.159. The maximum atomic E-state index is 14.0. The van der Waals surface area contributed by atoms with Crippen molar-refractivity contribution in [2.24, 2.45) is 4.99 Å². The van der Waals surface area contributed by atoms with Crippen LogP contribution in [0.4, 0.5) is 8.78 Å². The molecule has 0 aliphatic heterocycles. The first-order chi connectivity index (χ1) is 11.1. The highest BCUT2D eigenvalue weighted by Crippen LogP contribution is 2.14. The van der Waals surface area contributed by atoms with E-state index < -0.39 is 11.6 Å². The van der Waals surface area contributed by atoms with Crippen LogP contribution in [0, 0.1) is 35.4 Å². The van der Waals surface area contributed by atoms with Crippen molar-refractivity contribution in [1.29, 1.82) is 0 Å². The summed E-state index contributed by atoms with van der Waals surface area (Å²) >= 11 is 4.35. The van der Waals surface area contributed by atoms with Gasteiger partial charge in [0.25, 0.3) is 0 Å². The van der Waals surface area contributed by atoms with Gasteiger partial charge in [0.2, 0.25) is 0 Å². The highest BCUT2D eigenvalue weighted by Gasteiger charge is 2.08. The van der Waals surface area contributed by atoms with E-state index in [0.29, 0.717) is 5.56 Å². The summed E-state index contributed by atoms with van der Waals surface area (Å²) in [7, 11) is 0. The van der Waals surface area contributed by atoms with Crippen molar-refractivity contribution in [3.05, 3.63) is 70.3 Å². The fourth-order valence-electron chi connectivity index (χ4n) is 1.84. The van der Waals surface area contributed by atoms with Crippen molar-refractivity contribution in [2.45, 2.75) is 13.3 Å². The topological polar surface area (TPSA) is 12.4 Å². The smallest absolute Gasteiger partial charge is 0.143 e. The van der Waals surface area contributed by atoms with Gasteiger partial charge in [0, 0.05) is 11.1 Å². The zero-order valence-electron chi connectivity index (χ0n) is 12.3. The Morgan fingerprint density at radius 3 is 2.17 bits per heavy atom. The van der Waals surface area contributed by atoms with Crippen molar-refractivity contribution in [1.82, 2.24) is 0 Å². The lowest BCUT2D eigenvalue weighted by Crippen LogP contribution is -1.92. The number of aryl methyl sites for hydroxylation is 1. The minimum atomic E-state index is -0.765. The average molecular weight is 323 g/mol. The molecular weight excluding hydrogens is 312 g/mol. The number of halogens is 2. The maximum Gasteiger partial charge on any atom is 0.143 e. The molecule has 0 spiro atoms. The molecular formula is C19H11F2NS. The molecule has 0 atom stereocenters. The van der Waals surface area contributed by atoms with Crippen LogP contribution in [0.1, 0.15) is 29.2 Å². The van der Waals surface area contributed by atoms with E-state index in [4.69, 9.17) is 0 Å². The van der Waals surface area contributed by atoms with Crippen LogP contribution in [0.2, 0.25) is 0 Å². The van der Waals surface area contributed by atoms with Crippen LogP contribution in [-0.2, 0) is 6.42 Å².